The molecule has 1 N–H and O–H groups in total. The Labute approximate surface area is 112 Å². The van der Waals surface area contributed by atoms with Gasteiger partial charge in [-0.1, -0.05) is 41.4 Å². The molecule has 0 saturated heterocycles. The number of rotatable bonds is 3. The third-order valence-corrected chi connectivity index (χ3v) is 3.02. The summed E-state index contributed by atoms with van der Waals surface area (Å²) in [6.07, 6.45) is 0. The van der Waals surface area contributed by atoms with E-state index in [4.69, 9.17) is 16.9 Å². The molecule has 0 aliphatic rings. The van der Waals surface area contributed by atoms with Crippen LogP contribution in [0.3, 0.4) is 0 Å². The van der Waals surface area contributed by atoms with Gasteiger partial charge in [0.1, 0.15) is 6.07 Å². The van der Waals surface area contributed by atoms with Crippen molar-refractivity contribution in [2.45, 2.75) is 13.5 Å². The molecule has 0 spiro atoms. The number of nitrogens with zero attached hydrogens (tertiary/aromatic N) is 1. The van der Waals surface area contributed by atoms with Gasteiger partial charge in [-0.3, -0.25) is 0 Å². The second-order valence-electron chi connectivity index (χ2n) is 4.15. The van der Waals surface area contributed by atoms with Gasteiger partial charge in [-0.25, -0.2) is 0 Å². The summed E-state index contributed by atoms with van der Waals surface area (Å²) in [6, 6.07) is 15.8. The van der Waals surface area contributed by atoms with Gasteiger partial charge in [0.15, 0.2) is 0 Å². The summed E-state index contributed by atoms with van der Waals surface area (Å²) in [5, 5.41) is 12.5. The number of nitriles is 1. The van der Waals surface area contributed by atoms with Crippen LogP contribution >= 0.6 is 11.6 Å². The van der Waals surface area contributed by atoms with Crippen LogP contribution in [0.15, 0.2) is 42.5 Å². The van der Waals surface area contributed by atoms with Gasteiger partial charge in [-0.05, 0) is 30.7 Å². The van der Waals surface area contributed by atoms with Crippen molar-refractivity contribution in [2.75, 3.05) is 5.32 Å². The number of aryl methyl sites for hydroxylation is 1. The van der Waals surface area contributed by atoms with Gasteiger partial charge in [0.2, 0.25) is 0 Å². The highest BCUT2D eigenvalue weighted by Crippen LogP contribution is 2.20. The average molecular weight is 257 g/mol. The molecular weight excluding hydrogens is 244 g/mol. The summed E-state index contributed by atoms with van der Waals surface area (Å²) in [6.45, 7) is 2.81. The van der Waals surface area contributed by atoms with Crippen LogP contribution < -0.4 is 5.32 Å². The molecule has 3 heteroatoms. The SMILES string of the molecule is Cc1ccc(CNc2ccc(C#N)c(Cl)c2)cc1. The highest BCUT2D eigenvalue weighted by atomic mass is 35.5. The highest BCUT2D eigenvalue weighted by Gasteiger charge is 2.00. The van der Waals surface area contributed by atoms with Crippen molar-refractivity contribution in [1.29, 1.82) is 5.26 Å². The number of anilines is 1. The molecule has 0 aliphatic carbocycles. The standard InChI is InChI=1S/C15H13ClN2/c1-11-2-4-12(5-3-11)10-18-14-7-6-13(9-17)15(16)8-14/h2-8,18H,10H2,1H3. The van der Waals surface area contributed by atoms with Crippen LogP contribution in [-0.2, 0) is 6.54 Å². The Morgan fingerprint density at radius 3 is 2.50 bits per heavy atom. The Morgan fingerprint density at radius 1 is 1.17 bits per heavy atom. The molecule has 0 radical (unpaired) electrons. The maximum Gasteiger partial charge on any atom is 0.101 e. The van der Waals surface area contributed by atoms with E-state index in [-0.39, 0.29) is 0 Å². The summed E-state index contributed by atoms with van der Waals surface area (Å²) in [4.78, 5) is 0. The predicted molar refractivity (Wildman–Crippen MR) is 74.7 cm³/mol. The molecular formula is C15H13ClN2. The summed E-state index contributed by atoms with van der Waals surface area (Å²) in [7, 11) is 0. The van der Waals surface area contributed by atoms with Gasteiger partial charge in [0.25, 0.3) is 0 Å². The lowest BCUT2D eigenvalue weighted by molar-refractivity contribution is 1.14. The van der Waals surface area contributed by atoms with Gasteiger partial charge in [0.05, 0.1) is 10.6 Å². The lowest BCUT2D eigenvalue weighted by atomic mass is 10.1. The third kappa shape index (κ3) is 3.03. The molecule has 0 aliphatic heterocycles. The Hall–Kier alpha value is -1.98. The number of benzene rings is 2. The van der Waals surface area contributed by atoms with E-state index in [0.29, 0.717) is 10.6 Å². The lowest BCUT2D eigenvalue weighted by Crippen LogP contribution is -1.99. The van der Waals surface area contributed by atoms with Crippen molar-refractivity contribution in [3.63, 3.8) is 0 Å². The number of nitrogens with one attached hydrogen (secondary N) is 1. The fourth-order valence-corrected chi connectivity index (χ4v) is 1.85. The Bertz CT molecular complexity index is 582. The quantitative estimate of drug-likeness (QED) is 0.896. The van der Waals surface area contributed by atoms with Crippen LogP contribution in [0.25, 0.3) is 0 Å². The minimum absolute atomic E-state index is 0.478. The molecule has 0 heterocycles. The van der Waals surface area contributed by atoms with E-state index in [1.807, 2.05) is 12.1 Å². The van der Waals surface area contributed by atoms with Gasteiger partial charge in [-0.2, -0.15) is 5.26 Å². The number of hydrogen-bond donors (Lipinski definition) is 1. The predicted octanol–water partition coefficient (Wildman–Crippen LogP) is 4.13. The zero-order valence-corrected chi connectivity index (χ0v) is 10.8. The Kier molecular flexibility index (Phi) is 3.86. The Morgan fingerprint density at radius 2 is 1.89 bits per heavy atom. The van der Waals surface area contributed by atoms with E-state index in [9.17, 15) is 0 Å². The molecule has 90 valence electrons. The van der Waals surface area contributed by atoms with Crippen molar-refractivity contribution >= 4 is 17.3 Å². The van der Waals surface area contributed by atoms with Crippen LogP contribution in [-0.4, -0.2) is 0 Å². The van der Waals surface area contributed by atoms with Gasteiger partial charge >= 0.3 is 0 Å². The summed E-state index contributed by atoms with van der Waals surface area (Å²) in [5.41, 5.74) is 3.87. The molecule has 0 fully saturated rings. The fourth-order valence-electron chi connectivity index (χ4n) is 1.63. The van der Waals surface area contributed by atoms with Crippen LogP contribution in [0, 0.1) is 18.3 Å². The van der Waals surface area contributed by atoms with Crippen molar-refractivity contribution in [3.8, 4) is 6.07 Å². The van der Waals surface area contributed by atoms with E-state index in [1.165, 1.54) is 11.1 Å². The smallest absolute Gasteiger partial charge is 0.101 e. The van der Waals surface area contributed by atoms with Crippen LogP contribution in [0.1, 0.15) is 16.7 Å². The summed E-state index contributed by atoms with van der Waals surface area (Å²) >= 11 is 5.97. The van der Waals surface area contributed by atoms with Gasteiger partial charge in [0, 0.05) is 12.2 Å². The molecule has 0 saturated carbocycles. The average Bonchev–Trinajstić information content (AvgIpc) is 2.38. The van der Waals surface area contributed by atoms with E-state index in [0.717, 1.165) is 12.2 Å². The highest BCUT2D eigenvalue weighted by molar-refractivity contribution is 6.32. The normalized spacial score (nSPS) is 9.83. The van der Waals surface area contributed by atoms with Gasteiger partial charge in [-0.15, -0.1) is 0 Å². The zero-order valence-electron chi connectivity index (χ0n) is 10.1. The molecule has 0 unspecified atom stereocenters. The molecule has 18 heavy (non-hydrogen) atoms. The zero-order chi connectivity index (χ0) is 13.0. The fraction of sp³-hybridized carbons (Fsp3) is 0.133. The Balaban J connectivity index is 2.04. The first-order chi connectivity index (χ1) is 8.69. The molecule has 0 bridgehead atoms. The van der Waals surface area contributed by atoms with Crippen LogP contribution in [0.2, 0.25) is 5.02 Å². The molecule has 0 amide bonds. The first kappa shape index (κ1) is 12.5. The van der Waals surface area contributed by atoms with Crippen LogP contribution in [0.4, 0.5) is 5.69 Å². The van der Waals surface area contributed by atoms with Crippen molar-refractivity contribution < 1.29 is 0 Å². The first-order valence-corrected chi connectivity index (χ1v) is 6.06. The monoisotopic (exact) mass is 256 g/mol. The van der Waals surface area contributed by atoms with Crippen molar-refractivity contribution in [1.82, 2.24) is 0 Å². The minimum atomic E-state index is 0.478. The summed E-state index contributed by atoms with van der Waals surface area (Å²) < 4.78 is 0. The minimum Gasteiger partial charge on any atom is -0.381 e. The van der Waals surface area contributed by atoms with Crippen molar-refractivity contribution in [3.05, 3.63) is 64.2 Å². The molecule has 0 atom stereocenters. The second-order valence-corrected chi connectivity index (χ2v) is 4.55. The van der Waals surface area contributed by atoms with E-state index in [1.54, 1.807) is 12.1 Å². The molecule has 2 aromatic carbocycles. The van der Waals surface area contributed by atoms with E-state index < -0.39 is 0 Å². The van der Waals surface area contributed by atoms with Crippen molar-refractivity contribution in [2.24, 2.45) is 0 Å². The van der Waals surface area contributed by atoms with E-state index in [2.05, 4.69) is 36.5 Å². The summed E-state index contributed by atoms with van der Waals surface area (Å²) in [5.74, 6) is 0. The number of hydrogen-bond acceptors (Lipinski definition) is 2. The lowest BCUT2D eigenvalue weighted by Gasteiger charge is -2.07. The molecule has 2 aromatic rings. The topological polar surface area (TPSA) is 35.8 Å². The van der Waals surface area contributed by atoms with E-state index >= 15 is 0 Å². The first-order valence-electron chi connectivity index (χ1n) is 5.68. The second kappa shape index (κ2) is 5.57. The maximum atomic E-state index is 8.79. The maximum absolute atomic E-state index is 8.79. The molecule has 2 nitrogen and oxygen atoms in total. The molecule has 2 rings (SSSR count). The number of halogens is 1. The molecule has 0 aromatic heterocycles. The third-order valence-electron chi connectivity index (χ3n) is 2.71. The van der Waals surface area contributed by atoms with Gasteiger partial charge < -0.3 is 5.32 Å². The van der Waals surface area contributed by atoms with Crippen LogP contribution in [0.5, 0.6) is 0 Å². The largest absolute Gasteiger partial charge is 0.381 e.